The summed E-state index contributed by atoms with van der Waals surface area (Å²) in [4.78, 5) is 0. The van der Waals surface area contributed by atoms with Gasteiger partial charge in [-0.3, -0.25) is 0 Å². The summed E-state index contributed by atoms with van der Waals surface area (Å²) >= 11 is 33.7. The van der Waals surface area contributed by atoms with E-state index in [4.69, 9.17) is 69.6 Å². The molecule has 0 aromatic heterocycles. The summed E-state index contributed by atoms with van der Waals surface area (Å²) in [7, 11) is 1.91. The molecule has 0 spiro atoms. The lowest BCUT2D eigenvalue weighted by atomic mass is 9.85. The lowest BCUT2D eigenvalue weighted by Crippen LogP contribution is -2.61. The van der Waals surface area contributed by atoms with E-state index in [-0.39, 0.29) is 0 Å². The molecule has 1 aromatic rings. The minimum absolute atomic E-state index is 0.836. The van der Waals surface area contributed by atoms with Crippen molar-refractivity contribution < 1.29 is 27.0 Å². The van der Waals surface area contributed by atoms with E-state index in [0.717, 1.165) is 14.2 Å². The van der Waals surface area contributed by atoms with E-state index in [1.165, 1.54) is 0 Å². The maximum Gasteiger partial charge on any atom is 0.271 e. The van der Waals surface area contributed by atoms with Gasteiger partial charge in [0.05, 0.1) is 14.2 Å². The van der Waals surface area contributed by atoms with Gasteiger partial charge in [0.25, 0.3) is 10.3 Å². The lowest BCUT2D eigenvalue weighted by molar-refractivity contribution is 0.0469. The van der Waals surface area contributed by atoms with Crippen LogP contribution >= 0.6 is 69.6 Å². The first-order valence-electron chi connectivity index (χ1n) is 5.86. The van der Waals surface area contributed by atoms with Crippen molar-refractivity contribution in [2.45, 2.75) is 18.9 Å². The van der Waals surface area contributed by atoms with Gasteiger partial charge < -0.3 is 9.47 Å². The average molecular weight is 471 g/mol. The third-order valence-electron chi connectivity index (χ3n) is 3.51. The van der Waals surface area contributed by atoms with Crippen molar-refractivity contribution in [1.82, 2.24) is 0 Å². The molecule has 1 aliphatic carbocycles. The first kappa shape index (κ1) is 20.6. The first-order chi connectivity index (χ1) is 10.7. The average Bonchev–Trinajstić information content (AvgIpc) is 2.45. The van der Waals surface area contributed by atoms with Gasteiger partial charge in [0.1, 0.15) is 0 Å². The Balaban J connectivity index is 3.12. The van der Waals surface area contributed by atoms with Crippen LogP contribution in [0.5, 0.6) is 11.5 Å². The molecule has 24 heavy (non-hydrogen) atoms. The van der Waals surface area contributed by atoms with Crippen LogP contribution in [0.25, 0.3) is 0 Å². The minimum atomic E-state index is -3.95. The molecule has 0 aliphatic heterocycles. The molecule has 136 valence electrons. The van der Waals surface area contributed by atoms with Crippen molar-refractivity contribution in [3.63, 3.8) is 0 Å². The van der Waals surface area contributed by atoms with Gasteiger partial charge in [0.15, 0.2) is 31.8 Å². The Morgan fingerprint density at radius 1 is 0.667 bits per heavy atom. The number of fused-ring (bicyclic) bond motifs is 1. The van der Waals surface area contributed by atoms with Crippen molar-refractivity contribution in [3.05, 3.63) is 22.8 Å². The summed E-state index contributed by atoms with van der Waals surface area (Å²) in [5.74, 6) is -4.68. The van der Waals surface area contributed by atoms with E-state index in [0.29, 0.717) is 0 Å². The normalized spacial score (nSPS) is 30.7. The van der Waals surface area contributed by atoms with Crippen LogP contribution in [0.1, 0.15) is 11.1 Å². The van der Waals surface area contributed by atoms with Crippen molar-refractivity contribution in [1.29, 1.82) is 0 Å². The Bertz CT molecular complexity index is 649. The molecule has 0 bridgehead atoms. The molecular weight excluding hydrogens is 465 g/mol. The van der Waals surface area contributed by atoms with E-state index in [1.54, 1.807) is 0 Å². The summed E-state index contributed by atoms with van der Waals surface area (Å²) in [6.45, 7) is 0. The summed E-state index contributed by atoms with van der Waals surface area (Å²) in [6, 6.07) is 0. The molecular formula is C12H6Cl6F4O2. The molecule has 0 radical (unpaired) electrons. The second-order valence-electron chi connectivity index (χ2n) is 4.74. The topological polar surface area (TPSA) is 18.5 Å². The van der Waals surface area contributed by atoms with Crippen LogP contribution in [0, 0.1) is 11.6 Å². The number of hydrogen-bond acceptors (Lipinski definition) is 2. The predicted molar refractivity (Wildman–Crippen MR) is 85.6 cm³/mol. The third-order valence-corrected chi connectivity index (χ3v) is 6.88. The summed E-state index contributed by atoms with van der Waals surface area (Å²) < 4.78 is 62.0. The maximum atomic E-state index is 14.8. The van der Waals surface area contributed by atoms with Crippen molar-refractivity contribution in [2.75, 3.05) is 14.2 Å². The zero-order valence-corrected chi connectivity index (χ0v) is 16.1. The van der Waals surface area contributed by atoms with Crippen LogP contribution < -0.4 is 9.47 Å². The van der Waals surface area contributed by atoms with Gasteiger partial charge in [-0.25, -0.2) is 17.6 Å². The number of ether oxygens (including phenoxy) is 2. The van der Waals surface area contributed by atoms with Crippen LogP contribution in [0.15, 0.2) is 0 Å². The highest BCUT2D eigenvalue weighted by Crippen LogP contribution is 2.71. The van der Waals surface area contributed by atoms with E-state index in [9.17, 15) is 17.6 Å². The summed E-state index contributed by atoms with van der Waals surface area (Å²) in [5, 5.41) is -7.90. The molecule has 2 unspecified atom stereocenters. The second-order valence-corrected chi connectivity index (χ2v) is 8.44. The van der Waals surface area contributed by atoms with E-state index in [1.807, 2.05) is 0 Å². The molecule has 0 fully saturated rings. The number of methoxy groups -OCH3 is 2. The van der Waals surface area contributed by atoms with Gasteiger partial charge in [0, 0.05) is 11.1 Å². The molecule has 1 aromatic carbocycles. The number of benzene rings is 1. The predicted octanol–water partition coefficient (Wildman–Crippen LogP) is 6.07. The molecule has 0 amide bonds. The highest BCUT2D eigenvalue weighted by Gasteiger charge is 2.78. The molecule has 12 heteroatoms. The van der Waals surface area contributed by atoms with Gasteiger partial charge in [0.2, 0.25) is 0 Å². The third kappa shape index (κ3) is 2.23. The number of alkyl halides is 8. The smallest absolute Gasteiger partial charge is 0.271 e. The molecule has 0 saturated heterocycles. The van der Waals surface area contributed by atoms with Crippen LogP contribution in [0.3, 0.4) is 0 Å². The highest BCUT2D eigenvalue weighted by molar-refractivity contribution is 6.59. The lowest BCUT2D eigenvalue weighted by Gasteiger charge is -2.49. The van der Waals surface area contributed by atoms with Crippen LogP contribution in [-0.2, 0) is 8.67 Å². The van der Waals surface area contributed by atoms with E-state index in [2.05, 4.69) is 9.47 Å². The molecule has 2 atom stereocenters. The van der Waals surface area contributed by atoms with Crippen molar-refractivity contribution in [3.8, 4) is 11.5 Å². The maximum absolute atomic E-state index is 14.8. The highest BCUT2D eigenvalue weighted by atomic mass is 35.5. The fourth-order valence-electron chi connectivity index (χ4n) is 2.31. The van der Waals surface area contributed by atoms with Crippen LogP contribution in [-0.4, -0.2) is 24.5 Å². The second kappa shape index (κ2) is 5.89. The minimum Gasteiger partial charge on any atom is -0.490 e. The molecule has 2 rings (SSSR count). The molecule has 0 N–H and O–H groups in total. The number of halogens is 10. The van der Waals surface area contributed by atoms with E-state index < -0.39 is 53.2 Å². The Labute approximate surface area is 163 Å². The summed E-state index contributed by atoms with van der Waals surface area (Å²) in [6.07, 6.45) is 0. The van der Waals surface area contributed by atoms with Crippen molar-refractivity contribution in [2.24, 2.45) is 0 Å². The molecule has 0 saturated carbocycles. The molecule has 2 nitrogen and oxygen atoms in total. The van der Waals surface area contributed by atoms with Crippen molar-refractivity contribution >= 4 is 69.6 Å². The fourth-order valence-corrected chi connectivity index (χ4v) is 4.21. The van der Waals surface area contributed by atoms with E-state index >= 15 is 0 Å². The first-order valence-corrected chi connectivity index (χ1v) is 8.13. The molecule has 1 aliphatic rings. The van der Waals surface area contributed by atoms with Gasteiger partial charge in [-0.2, -0.15) is 0 Å². The summed E-state index contributed by atoms with van der Waals surface area (Å²) in [5.41, 5.74) is -2.34. The van der Waals surface area contributed by atoms with Gasteiger partial charge >= 0.3 is 0 Å². The quantitative estimate of drug-likeness (QED) is 0.386. The standard InChI is InChI=1S/C12H6Cl6F4O2/c1-23-7-5(19)3-4(6(20)8(7)24-2)10(15,16)12(18,22)11(17,21)9(3,13)14/h1-2H3. The fraction of sp³-hybridized carbons (Fsp3) is 0.500. The Hall–Kier alpha value is 0.280. The Kier molecular flexibility index (Phi) is 5.06. The SMILES string of the molecule is COc1c(F)c2c(c(F)c1OC)C(Cl)(Cl)C(F)(Cl)C(F)(Cl)C2(Cl)Cl. The number of rotatable bonds is 2. The largest absolute Gasteiger partial charge is 0.490 e. The van der Waals surface area contributed by atoms with Gasteiger partial charge in [-0.1, -0.05) is 69.6 Å². The van der Waals surface area contributed by atoms with Crippen LogP contribution in [0.2, 0.25) is 0 Å². The Morgan fingerprint density at radius 2 is 0.917 bits per heavy atom. The zero-order valence-electron chi connectivity index (χ0n) is 11.6. The Morgan fingerprint density at radius 3 is 1.12 bits per heavy atom. The van der Waals surface area contributed by atoms with Crippen LogP contribution in [0.4, 0.5) is 17.6 Å². The zero-order chi connectivity index (χ0) is 18.9. The molecule has 0 heterocycles. The monoisotopic (exact) mass is 468 g/mol. The van der Waals surface area contributed by atoms with Gasteiger partial charge in [-0.05, 0) is 0 Å². The van der Waals surface area contributed by atoms with Gasteiger partial charge in [-0.15, -0.1) is 0 Å². The number of hydrogen-bond donors (Lipinski definition) is 0.